The number of aromatic nitrogens is 1. The number of aryl methyl sites for hydroxylation is 2. The van der Waals surface area contributed by atoms with Crippen molar-refractivity contribution in [3.8, 4) is 0 Å². The summed E-state index contributed by atoms with van der Waals surface area (Å²) in [6.45, 7) is 11.4. The molecule has 0 radical (unpaired) electrons. The van der Waals surface area contributed by atoms with Crippen molar-refractivity contribution >= 4 is 17.3 Å². The maximum Gasteiger partial charge on any atom is 0.255 e. The Hall–Kier alpha value is -2.40. The molecular weight excluding hydrogens is 326 g/mol. The van der Waals surface area contributed by atoms with E-state index in [1.807, 2.05) is 32.0 Å². The summed E-state index contributed by atoms with van der Waals surface area (Å²) >= 11 is 0. The third-order valence-electron chi connectivity index (χ3n) is 4.71. The van der Waals surface area contributed by atoms with E-state index >= 15 is 0 Å². The number of amides is 1. The molecule has 0 atom stereocenters. The lowest BCUT2D eigenvalue weighted by Gasteiger charge is -2.29. The highest BCUT2D eigenvalue weighted by Crippen LogP contribution is 2.23. The Balaban J connectivity index is 1.81. The number of nitrogens with zero attached hydrogens (tertiary/aromatic N) is 2. The van der Waals surface area contributed by atoms with Crippen molar-refractivity contribution in [2.45, 2.75) is 33.6 Å². The predicted molar refractivity (Wildman–Crippen MR) is 105 cm³/mol. The van der Waals surface area contributed by atoms with E-state index < -0.39 is 0 Å². The van der Waals surface area contributed by atoms with Gasteiger partial charge in [0.2, 0.25) is 0 Å². The molecule has 0 bridgehead atoms. The van der Waals surface area contributed by atoms with Crippen LogP contribution in [0.15, 0.2) is 30.5 Å². The zero-order chi connectivity index (χ0) is 18.7. The Bertz CT molecular complexity index is 796. The SMILES string of the molecule is Cc1cc(C(=O)Nc2cnc(C)c(C(C)C)c2)cc(N2CCOCC2)c1. The first kappa shape index (κ1) is 18.4. The van der Waals surface area contributed by atoms with Crippen LogP contribution in [0.1, 0.15) is 46.9 Å². The first-order valence-electron chi connectivity index (χ1n) is 9.16. The van der Waals surface area contributed by atoms with Crippen molar-refractivity contribution in [1.29, 1.82) is 0 Å². The molecule has 3 rings (SSSR count). The summed E-state index contributed by atoms with van der Waals surface area (Å²) in [7, 11) is 0. The summed E-state index contributed by atoms with van der Waals surface area (Å²) in [5.41, 5.74) is 5.70. The Kier molecular flexibility index (Phi) is 5.57. The summed E-state index contributed by atoms with van der Waals surface area (Å²) in [5, 5.41) is 2.99. The van der Waals surface area contributed by atoms with Gasteiger partial charge in [0.05, 0.1) is 25.1 Å². The van der Waals surface area contributed by atoms with Crippen LogP contribution >= 0.6 is 0 Å². The third-order valence-corrected chi connectivity index (χ3v) is 4.71. The molecule has 0 saturated carbocycles. The van der Waals surface area contributed by atoms with Crippen LogP contribution in [0.3, 0.4) is 0 Å². The van der Waals surface area contributed by atoms with Crippen LogP contribution in [-0.4, -0.2) is 37.2 Å². The van der Waals surface area contributed by atoms with Gasteiger partial charge in [-0.25, -0.2) is 0 Å². The number of hydrogen-bond donors (Lipinski definition) is 1. The largest absolute Gasteiger partial charge is 0.378 e. The molecule has 1 amide bonds. The number of pyridine rings is 1. The van der Waals surface area contributed by atoms with Gasteiger partial charge in [-0.1, -0.05) is 13.8 Å². The van der Waals surface area contributed by atoms with E-state index in [4.69, 9.17) is 4.74 Å². The molecule has 1 fully saturated rings. The second-order valence-electron chi connectivity index (χ2n) is 7.16. The van der Waals surface area contributed by atoms with Crippen LogP contribution in [0, 0.1) is 13.8 Å². The zero-order valence-corrected chi connectivity index (χ0v) is 16.0. The number of morpholine rings is 1. The number of benzene rings is 1. The maximum atomic E-state index is 12.8. The number of carbonyl (C=O) groups excluding carboxylic acids is 1. The van der Waals surface area contributed by atoms with Gasteiger partial charge in [-0.05, 0) is 55.2 Å². The van der Waals surface area contributed by atoms with E-state index in [-0.39, 0.29) is 5.91 Å². The quantitative estimate of drug-likeness (QED) is 0.905. The lowest BCUT2D eigenvalue weighted by atomic mass is 10.0. The topological polar surface area (TPSA) is 54.5 Å². The fourth-order valence-electron chi connectivity index (χ4n) is 3.30. The zero-order valence-electron chi connectivity index (χ0n) is 16.0. The summed E-state index contributed by atoms with van der Waals surface area (Å²) in [6, 6.07) is 8.01. The van der Waals surface area contributed by atoms with Crippen LogP contribution in [0.2, 0.25) is 0 Å². The van der Waals surface area contributed by atoms with E-state index in [2.05, 4.69) is 35.1 Å². The molecular formula is C21H27N3O2. The highest BCUT2D eigenvalue weighted by Gasteiger charge is 2.15. The van der Waals surface area contributed by atoms with Crippen molar-refractivity contribution in [1.82, 2.24) is 4.98 Å². The van der Waals surface area contributed by atoms with Gasteiger partial charge in [-0.3, -0.25) is 9.78 Å². The van der Waals surface area contributed by atoms with Gasteiger partial charge in [-0.2, -0.15) is 0 Å². The highest BCUT2D eigenvalue weighted by molar-refractivity contribution is 6.05. The average Bonchev–Trinajstić information content (AvgIpc) is 2.63. The molecule has 2 heterocycles. The number of nitrogens with one attached hydrogen (secondary N) is 1. The molecule has 1 aliphatic rings. The Morgan fingerprint density at radius 2 is 1.88 bits per heavy atom. The molecule has 1 aliphatic heterocycles. The minimum atomic E-state index is -0.108. The van der Waals surface area contributed by atoms with Crippen LogP contribution in [0.5, 0.6) is 0 Å². The minimum absolute atomic E-state index is 0.108. The Labute approximate surface area is 155 Å². The number of hydrogen-bond acceptors (Lipinski definition) is 4. The normalized spacial score (nSPS) is 14.6. The monoisotopic (exact) mass is 353 g/mol. The van der Waals surface area contributed by atoms with E-state index in [9.17, 15) is 4.79 Å². The molecule has 138 valence electrons. The molecule has 1 aromatic heterocycles. The van der Waals surface area contributed by atoms with Crippen molar-refractivity contribution in [2.24, 2.45) is 0 Å². The van der Waals surface area contributed by atoms with Crippen molar-refractivity contribution < 1.29 is 9.53 Å². The summed E-state index contributed by atoms with van der Waals surface area (Å²) < 4.78 is 5.42. The highest BCUT2D eigenvalue weighted by atomic mass is 16.5. The lowest BCUT2D eigenvalue weighted by molar-refractivity contribution is 0.102. The van der Waals surface area contributed by atoms with Crippen LogP contribution in [0.4, 0.5) is 11.4 Å². The van der Waals surface area contributed by atoms with Gasteiger partial charge in [0, 0.05) is 30.0 Å². The molecule has 5 nitrogen and oxygen atoms in total. The Morgan fingerprint density at radius 3 is 2.58 bits per heavy atom. The molecule has 0 spiro atoms. The van der Waals surface area contributed by atoms with Crippen molar-refractivity contribution in [2.75, 3.05) is 36.5 Å². The van der Waals surface area contributed by atoms with Gasteiger partial charge < -0.3 is 15.0 Å². The van der Waals surface area contributed by atoms with E-state index in [0.29, 0.717) is 11.5 Å². The smallest absolute Gasteiger partial charge is 0.255 e. The Morgan fingerprint density at radius 1 is 1.15 bits per heavy atom. The maximum absolute atomic E-state index is 12.8. The second kappa shape index (κ2) is 7.87. The summed E-state index contributed by atoms with van der Waals surface area (Å²) in [6.07, 6.45) is 1.72. The lowest BCUT2D eigenvalue weighted by Crippen LogP contribution is -2.36. The first-order chi connectivity index (χ1) is 12.4. The molecule has 5 heteroatoms. The molecule has 0 aliphatic carbocycles. The van der Waals surface area contributed by atoms with Gasteiger partial charge in [-0.15, -0.1) is 0 Å². The van der Waals surface area contributed by atoms with Gasteiger partial charge in [0.25, 0.3) is 5.91 Å². The number of carbonyl (C=O) groups is 1. The van der Waals surface area contributed by atoms with Crippen LogP contribution < -0.4 is 10.2 Å². The fraction of sp³-hybridized carbons (Fsp3) is 0.429. The molecule has 0 unspecified atom stereocenters. The molecule has 1 N–H and O–H groups in total. The number of ether oxygens (including phenoxy) is 1. The molecule has 2 aromatic rings. The van der Waals surface area contributed by atoms with Gasteiger partial charge >= 0.3 is 0 Å². The van der Waals surface area contributed by atoms with Gasteiger partial charge in [0.1, 0.15) is 0 Å². The molecule has 26 heavy (non-hydrogen) atoms. The molecule has 1 saturated heterocycles. The summed E-state index contributed by atoms with van der Waals surface area (Å²) in [5.74, 6) is 0.259. The minimum Gasteiger partial charge on any atom is -0.378 e. The standard InChI is InChI=1S/C21H27N3O2/c1-14(2)20-12-18(13-22-16(20)4)23-21(25)17-9-15(3)10-19(11-17)24-5-7-26-8-6-24/h9-14H,5-8H2,1-4H3,(H,23,25). The fourth-order valence-corrected chi connectivity index (χ4v) is 3.30. The second-order valence-corrected chi connectivity index (χ2v) is 7.16. The van der Waals surface area contributed by atoms with E-state index in [1.165, 1.54) is 0 Å². The average molecular weight is 353 g/mol. The molecule has 1 aromatic carbocycles. The predicted octanol–water partition coefficient (Wildman–Crippen LogP) is 3.91. The van der Waals surface area contributed by atoms with Crippen molar-refractivity contribution in [3.05, 3.63) is 52.8 Å². The van der Waals surface area contributed by atoms with E-state index in [1.54, 1.807) is 6.20 Å². The number of rotatable bonds is 4. The number of anilines is 2. The third kappa shape index (κ3) is 4.22. The first-order valence-corrected chi connectivity index (χ1v) is 9.16. The van der Waals surface area contributed by atoms with Crippen LogP contribution in [-0.2, 0) is 4.74 Å². The van der Waals surface area contributed by atoms with Gasteiger partial charge in [0.15, 0.2) is 0 Å². The van der Waals surface area contributed by atoms with Crippen LogP contribution in [0.25, 0.3) is 0 Å². The van der Waals surface area contributed by atoms with E-state index in [0.717, 1.165) is 54.5 Å². The van der Waals surface area contributed by atoms with Crippen molar-refractivity contribution in [3.63, 3.8) is 0 Å². The summed E-state index contributed by atoms with van der Waals surface area (Å²) in [4.78, 5) is 19.5.